The molecule has 2 atom stereocenters. The summed E-state index contributed by atoms with van der Waals surface area (Å²) in [5.74, 6) is 0. The number of nitrogens with zero attached hydrogens (tertiary/aromatic N) is 4. The molecular weight excluding hydrogens is 1020 g/mol. The Morgan fingerprint density at radius 2 is 1.00 bits per heavy atom. The summed E-state index contributed by atoms with van der Waals surface area (Å²) in [4.78, 5) is 13.1. The average molecular weight is 1090 g/mol. The molecule has 0 radical (unpaired) electrons. The van der Waals surface area contributed by atoms with Crippen molar-refractivity contribution in [1.29, 1.82) is 0 Å². The molecule has 4 nitrogen and oxygen atoms in total. The van der Waals surface area contributed by atoms with Crippen LogP contribution in [0.25, 0.3) is 44.6 Å². The van der Waals surface area contributed by atoms with E-state index in [1.165, 1.54) is 130 Å². The Morgan fingerprint density at radius 1 is 0.405 bits per heavy atom. The first kappa shape index (κ1) is 52.4. The summed E-state index contributed by atoms with van der Waals surface area (Å²) in [6.07, 6.45) is 8.76. The largest absolute Gasteiger partial charge is 0.334 e. The number of rotatable bonds is 7. The number of anilines is 8. The molecule has 10 aromatic rings. The zero-order chi connectivity index (χ0) is 57.5. The Bertz CT molecular complexity index is 4240. The van der Waals surface area contributed by atoms with Gasteiger partial charge < -0.3 is 14.7 Å². The van der Waals surface area contributed by atoms with E-state index in [2.05, 4.69) is 283 Å². The van der Waals surface area contributed by atoms with Crippen molar-refractivity contribution >= 4 is 68.6 Å². The summed E-state index contributed by atoms with van der Waals surface area (Å²) in [5, 5.41) is 0. The van der Waals surface area contributed by atoms with Crippen molar-refractivity contribution in [2.45, 2.75) is 128 Å². The van der Waals surface area contributed by atoms with Gasteiger partial charge in [0.2, 0.25) is 0 Å². The number of hydrogen-bond acceptors (Lipinski definition) is 4. The number of fused-ring (bicyclic) bond motifs is 8. The van der Waals surface area contributed by atoms with E-state index in [4.69, 9.17) is 4.98 Å². The molecule has 1 aromatic heterocycles. The minimum atomic E-state index is -0.239. The maximum atomic E-state index is 4.91. The van der Waals surface area contributed by atoms with Crippen LogP contribution >= 0.6 is 0 Å². The highest BCUT2D eigenvalue weighted by molar-refractivity contribution is 7.00. The minimum absolute atomic E-state index is 0.0124. The molecular formula is C79H75BN4. The van der Waals surface area contributed by atoms with E-state index in [0.29, 0.717) is 0 Å². The molecule has 5 aliphatic rings. The van der Waals surface area contributed by atoms with E-state index >= 15 is 0 Å². The topological polar surface area (TPSA) is 22.6 Å². The molecule has 3 aliphatic heterocycles. The maximum Gasteiger partial charge on any atom is 0.252 e. The Labute approximate surface area is 499 Å². The smallest absolute Gasteiger partial charge is 0.252 e. The lowest BCUT2D eigenvalue weighted by Gasteiger charge is -2.51. The van der Waals surface area contributed by atoms with Crippen LogP contribution in [0.2, 0.25) is 0 Å². The van der Waals surface area contributed by atoms with Gasteiger partial charge in [-0.25, -0.2) is 0 Å². The average Bonchev–Trinajstić information content (AvgIpc) is 1.26. The van der Waals surface area contributed by atoms with Gasteiger partial charge in [0, 0.05) is 62.6 Å². The molecule has 5 heteroatoms. The van der Waals surface area contributed by atoms with Crippen molar-refractivity contribution in [3.8, 4) is 44.6 Å². The molecule has 15 rings (SSSR count). The summed E-state index contributed by atoms with van der Waals surface area (Å²) < 4.78 is 0. The molecule has 414 valence electrons. The lowest BCUT2D eigenvalue weighted by atomic mass is 9.33. The summed E-state index contributed by atoms with van der Waals surface area (Å²) in [6.45, 7) is 22.1. The monoisotopic (exact) mass is 1090 g/mol. The van der Waals surface area contributed by atoms with Crippen molar-refractivity contribution in [2.75, 3.05) is 14.7 Å². The van der Waals surface area contributed by atoms with Gasteiger partial charge in [-0.3, -0.25) is 4.98 Å². The van der Waals surface area contributed by atoms with Crippen LogP contribution in [0.5, 0.6) is 0 Å². The summed E-state index contributed by atoms with van der Waals surface area (Å²) in [6, 6.07) is 81.4. The molecule has 0 amide bonds. The third-order valence-corrected chi connectivity index (χ3v) is 20.9. The van der Waals surface area contributed by atoms with Crippen LogP contribution in [0.15, 0.2) is 219 Å². The van der Waals surface area contributed by atoms with Crippen molar-refractivity contribution in [3.05, 3.63) is 241 Å². The molecule has 1 fully saturated rings. The van der Waals surface area contributed by atoms with Gasteiger partial charge in [0.05, 0.1) is 16.9 Å². The normalized spacial score (nSPS) is 19.6. The van der Waals surface area contributed by atoms with Crippen LogP contribution < -0.4 is 31.1 Å². The molecule has 0 saturated heterocycles. The first-order chi connectivity index (χ1) is 40.5. The predicted octanol–water partition coefficient (Wildman–Crippen LogP) is 19.2. The molecule has 1 saturated carbocycles. The Hall–Kier alpha value is -8.41. The Morgan fingerprint density at radius 3 is 1.68 bits per heavy atom. The van der Waals surface area contributed by atoms with Gasteiger partial charge in [0.25, 0.3) is 6.71 Å². The second kappa shape index (κ2) is 19.1. The standard InChI is InChI=1S/C79H75BN4/c1-75(2,3)58-35-38-68(61(47-58)54-28-17-12-18-29-54)83-71-51-63-62(76(4,5)41-42-77(63,6)7)50-66(71)80-65-36-33-56(53-26-15-11-16-27-53)46-70(65)82(59-31-23-30-55(44-59)52-24-13-10-14-25-52)72-48-60(49-73(83)74(72)80)84-69-37-34-57(67-32-19-22-43-81-67)45-64(69)78(8)39-20-21-40-79(78,84)9/h10-19,22-38,43-51H,20-21,39-42H2,1-9H3. The second-order valence-electron chi connectivity index (χ2n) is 27.7. The van der Waals surface area contributed by atoms with Crippen molar-refractivity contribution < 1.29 is 0 Å². The summed E-state index contributed by atoms with van der Waals surface area (Å²) >= 11 is 0. The molecule has 2 unspecified atom stereocenters. The molecule has 4 heterocycles. The van der Waals surface area contributed by atoms with Gasteiger partial charge in [-0.2, -0.15) is 0 Å². The third-order valence-electron chi connectivity index (χ3n) is 20.9. The molecule has 0 bridgehead atoms. The van der Waals surface area contributed by atoms with Crippen LogP contribution in [-0.2, 0) is 21.7 Å². The van der Waals surface area contributed by atoms with Crippen LogP contribution in [0.4, 0.5) is 45.5 Å². The molecule has 84 heavy (non-hydrogen) atoms. The van der Waals surface area contributed by atoms with Gasteiger partial charge in [-0.1, -0.05) is 208 Å². The number of aromatic nitrogens is 1. The van der Waals surface area contributed by atoms with Gasteiger partial charge in [-0.15, -0.1) is 0 Å². The van der Waals surface area contributed by atoms with Crippen LogP contribution in [0, 0.1) is 0 Å². The highest BCUT2D eigenvalue weighted by Crippen LogP contribution is 2.63. The van der Waals surface area contributed by atoms with E-state index in [0.717, 1.165) is 37.1 Å². The fourth-order valence-electron chi connectivity index (χ4n) is 15.8. The van der Waals surface area contributed by atoms with E-state index in [1.807, 2.05) is 12.3 Å². The van der Waals surface area contributed by atoms with E-state index in [1.54, 1.807) is 0 Å². The van der Waals surface area contributed by atoms with Crippen LogP contribution in [0.1, 0.15) is 123 Å². The maximum absolute atomic E-state index is 4.91. The third kappa shape index (κ3) is 8.04. The highest BCUT2D eigenvalue weighted by atomic mass is 15.3. The Balaban J connectivity index is 1.09. The van der Waals surface area contributed by atoms with Crippen LogP contribution in [-0.4, -0.2) is 17.2 Å². The molecule has 9 aromatic carbocycles. The molecule has 0 spiro atoms. The number of hydrogen-bond donors (Lipinski definition) is 0. The second-order valence-corrected chi connectivity index (χ2v) is 27.7. The van der Waals surface area contributed by atoms with Gasteiger partial charge in [-0.05, 0) is 188 Å². The zero-order valence-corrected chi connectivity index (χ0v) is 50.4. The van der Waals surface area contributed by atoms with Gasteiger partial charge in [0.1, 0.15) is 0 Å². The minimum Gasteiger partial charge on any atom is -0.334 e. The fourth-order valence-corrected chi connectivity index (χ4v) is 15.8. The lowest BCUT2D eigenvalue weighted by Crippen LogP contribution is -2.62. The quantitative estimate of drug-likeness (QED) is 0.148. The number of benzene rings is 9. The van der Waals surface area contributed by atoms with Crippen molar-refractivity contribution in [1.82, 2.24) is 4.98 Å². The Kier molecular flexibility index (Phi) is 11.9. The van der Waals surface area contributed by atoms with Crippen molar-refractivity contribution in [2.24, 2.45) is 0 Å². The lowest BCUT2D eigenvalue weighted by molar-refractivity contribution is 0.195. The van der Waals surface area contributed by atoms with E-state index in [-0.39, 0.29) is 33.9 Å². The van der Waals surface area contributed by atoms with Crippen LogP contribution in [0.3, 0.4) is 0 Å². The first-order valence-electron chi connectivity index (χ1n) is 30.9. The highest BCUT2D eigenvalue weighted by Gasteiger charge is 2.58. The van der Waals surface area contributed by atoms with E-state index in [9.17, 15) is 0 Å². The van der Waals surface area contributed by atoms with Crippen molar-refractivity contribution in [3.63, 3.8) is 0 Å². The van der Waals surface area contributed by atoms with E-state index < -0.39 is 0 Å². The van der Waals surface area contributed by atoms with Gasteiger partial charge >= 0.3 is 0 Å². The zero-order valence-electron chi connectivity index (χ0n) is 50.4. The van der Waals surface area contributed by atoms with Gasteiger partial charge in [0.15, 0.2) is 0 Å². The summed E-state index contributed by atoms with van der Waals surface area (Å²) in [5.41, 5.74) is 28.5. The fraction of sp³-hybridized carbons (Fsp3) is 0.253. The SMILES string of the molecule is CC(C)(C)c1ccc(N2c3cc4c(cc3B3c5ccc(-c6ccccc6)cc5N(c5cccc(-c6ccccc6)c5)c5cc(N6c7ccc(-c8ccccn8)cc7C7(C)CCCCC67C)cc2c53)C(C)(C)CCC4(C)C)c(-c2ccccc2)c1. The number of pyridine rings is 1. The molecule has 0 N–H and O–H groups in total. The summed E-state index contributed by atoms with van der Waals surface area (Å²) in [7, 11) is 0. The molecule has 2 aliphatic carbocycles. The first-order valence-corrected chi connectivity index (χ1v) is 30.9. The predicted molar refractivity (Wildman–Crippen MR) is 357 cm³/mol.